The van der Waals surface area contributed by atoms with Crippen LogP contribution in [0.1, 0.15) is 76.1 Å². The third kappa shape index (κ3) is 5.06. The first kappa shape index (κ1) is 23.1. The van der Waals surface area contributed by atoms with Crippen molar-refractivity contribution in [1.82, 2.24) is 0 Å². The monoisotopic (exact) mass is 462 g/mol. The number of aliphatic hydroxyl groups is 2. The van der Waals surface area contributed by atoms with Crippen LogP contribution in [0.3, 0.4) is 0 Å². The van der Waals surface area contributed by atoms with Gasteiger partial charge in [0.25, 0.3) is 0 Å². The third-order valence-electron chi connectivity index (χ3n) is 7.93. The molecule has 2 aliphatic heterocycles. The van der Waals surface area contributed by atoms with Crippen LogP contribution in [0.25, 0.3) is 0 Å². The summed E-state index contributed by atoms with van der Waals surface area (Å²) in [6.07, 6.45) is 9.72. The molecule has 1 aromatic rings. The van der Waals surface area contributed by atoms with Gasteiger partial charge in [0.1, 0.15) is 29.9 Å². The fourth-order valence-electron chi connectivity index (χ4n) is 6.16. The van der Waals surface area contributed by atoms with Crippen molar-refractivity contribution >= 4 is 11.8 Å². The summed E-state index contributed by atoms with van der Waals surface area (Å²) in [6, 6.07) is 9.75. The molecule has 2 saturated heterocycles. The van der Waals surface area contributed by atoms with Crippen molar-refractivity contribution in [2.45, 2.75) is 106 Å². The zero-order valence-electron chi connectivity index (χ0n) is 18.9. The molecule has 2 saturated carbocycles. The summed E-state index contributed by atoms with van der Waals surface area (Å²) >= 11 is 1.80. The number of aliphatic hydroxyl groups excluding tert-OH is 2. The van der Waals surface area contributed by atoms with Crippen LogP contribution in [0.15, 0.2) is 30.3 Å². The van der Waals surface area contributed by atoms with Gasteiger partial charge in [-0.2, -0.15) is 0 Å². The van der Waals surface area contributed by atoms with Crippen molar-refractivity contribution in [3.8, 4) is 0 Å². The minimum Gasteiger partial charge on any atom is -0.387 e. The Morgan fingerprint density at radius 3 is 2.03 bits per heavy atom. The number of fused-ring (bicyclic) bond motifs is 1. The number of ether oxygens (including phenoxy) is 3. The van der Waals surface area contributed by atoms with Gasteiger partial charge < -0.3 is 24.4 Å². The second-order valence-electron chi connectivity index (χ2n) is 10.1. The third-order valence-corrected chi connectivity index (χ3v) is 9.67. The van der Waals surface area contributed by atoms with E-state index in [0.717, 1.165) is 5.56 Å². The first-order chi connectivity index (χ1) is 15.7. The predicted molar refractivity (Wildman–Crippen MR) is 125 cm³/mol. The molecule has 4 aliphatic rings. The summed E-state index contributed by atoms with van der Waals surface area (Å²) in [5, 5.41) is 22.6. The van der Waals surface area contributed by atoms with Gasteiger partial charge in [0.2, 0.25) is 0 Å². The Kier molecular flexibility index (Phi) is 7.77. The summed E-state index contributed by atoms with van der Waals surface area (Å²) in [6.45, 7) is 0.364. The molecule has 5 rings (SSSR count). The van der Waals surface area contributed by atoms with Crippen LogP contribution in [-0.4, -0.2) is 51.9 Å². The van der Waals surface area contributed by atoms with Gasteiger partial charge in [-0.05, 0) is 37.5 Å². The van der Waals surface area contributed by atoms with Crippen molar-refractivity contribution in [1.29, 1.82) is 0 Å². The van der Waals surface area contributed by atoms with Gasteiger partial charge in [-0.25, -0.2) is 0 Å². The van der Waals surface area contributed by atoms with E-state index in [2.05, 4.69) is 0 Å². The van der Waals surface area contributed by atoms with E-state index in [4.69, 9.17) is 14.2 Å². The van der Waals surface area contributed by atoms with Gasteiger partial charge in [0, 0.05) is 10.8 Å². The predicted octanol–water partition coefficient (Wildman–Crippen LogP) is 4.81. The minimum atomic E-state index is -0.972. The highest BCUT2D eigenvalue weighted by Crippen LogP contribution is 2.46. The Hall–Kier alpha value is -0.630. The molecule has 0 bridgehead atoms. The van der Waals surface area contributed by atoms with Crippen LogP contribution in [0.4, 0.5) is 0 Å². The zero-order chi connectivity index (χ0) is 21.9. The lowest BCUT2D eigenvalue weighted by atomic mass is 9.77. The Morgan fingerprint density at radius 1 is 0.781 bits per heavy atom. The minimum absolute atomic E-state index is 0.357. The second kappa shape index (κ2) is 10.7. The second-order valence-corrected chi connectivity index (χ2v) is 11.4. The maximum atomic E-state index is 11.1. The number of hydrogen-bond donors (Lipinski definition) is 2. The first-order valence-corrected chi connectivity index (χ1v) is 13.6. The van der Waals surface area contributed by atoms with Crippen molar-refractivity contribution < 1.29 is 24.4 Å². The largest absolute Gasteiger partial charge is 0.387 e. The SMILES string of the molecule is O[C@@H]1[C@@H](O)[C@@H](SC(C2CCCCC2)C2CCCCC2)O[C@@H]2CO[C@@H](c3ccccc3)O[C@@H]12. The van der Waals surface area contributed by atoms with Crippen LogP contribution in [0.2, 0.25) is 0 Å². The lowest BCUT2D eigenvalue weighted by molar-refractivity contribution is -0.318. The van der Waals surface area contributed by atoms with E-state index < -0.39 is 30.0 Å². The molecular weight excluding hydrogens is 424 g/mol. The molecule has 0 radical (unpaired) electrons. The van der Waals surface area contributed by atoms with Gasteiger partial charge in [0.05, 0.1) is 6.61 Å². The fourth-order valence-corrected chi connectivity index (χ4v) is 7.98. The Labute approximate surface area is 196 Å². The lowest BCUT2D eigenvalue weighted by Gasteiger charge is -2.48. The van der Waals surface area contributed by atoms with Crippen molar-refractivity contribution in [2.75, 3.05) is 6.61 Å². The maximum Gasteiger partial charge on any atom is 0.184 e. The molecule has 2 N–H and O–H groups in total. The normalized spacial score (nSPS) is 37.3. The van der Waals surface area contributed by atoms with Crippen molar-refractivity contribution in [3.05, 3.63) is 35.9 Å². The average Bonchev–Trinajstić information content (AvgIpc) is 2.87. The highest BCUT2D eigenvalue weighted by Gasteiger charge is 2.50. The standard InChI is InChI=1S/C26H38O5S/c27-21-22(28)26(30-20-16-29-25(31-23(20)21)19-14-8-3-9-15-19)32-24(17-10-4-1-5-11-17)18-12-6-2-7-13-18/h3,8-9,14-15,17-18,20-28H,1-2,4-7,10-13,16H2/t20-,21-,22-,23-,25-,26-/m1/s1. The lowest BCUT2D eigenvalue weighted by Crippen LogP contribution is -2.61. The van der Waals surface area contributed by atoms with Crippen molar-refractivity contribution in [3.63, 3.8) is 0 Å². The molecule has 4 fully saturated rings. The quantitative estimate of drug-likeness (QED) is 0.655. The van der Waals surface area contributed by atoms with Gasteiger partial charge in [-0.3, -0.25) is 0 Å². The molecule has 0 amide bonds. The topological polar surface area (TPSA) is 68.2 Å². The fraction of sp³-hybridized carbons (Fsp3) is 0.769. The van der Waals surface area contributed by atoms with E-state index in [-0.39, 0.29) is 6.10 Å². The molecule has 0 aromatic heterocycles. The number of thioether (sulfide) groups is 1. The molecule has 0 unspecified atom stereocenters. The van der Waals surface area contributed by atoms with E-state index in [1.807, 2.05) is 30.3 Å². The molecular formula is C26H38O5S. The van der Waals surface area contributed by atoms with Crippen LogP contribution < -0.4 is 0 Å². The summed E-state index contributed by atoms with van der Waals surface area (Å²) in [7, 11) is 0. The molecule has 6 heteroatoms. The van der Waals surface area contributed by atoms with E-state index in [1.54, 1.807) is 11.8 Å². The van der Waals surface area contributed by atoms with E-state index >= 15 is 0 Å². The van der Waals surface area contributed by atoms with E-state index in [0.29, 0.717) is 23.7 Å². The molecule has 178 valence electrons. The van der Waals surface area contributed by atoms with Gasteiger partial charge in [-0.1, -0.05) is 68.9 Å². The highest BCUT2D eigenvalue weighted by molar-refractivity contribution is 8.00. The molecule has 1 aromatic carbocycles. The highest BCUT2D eigenvalue weighted by atomic mass is 32.2. The summed E-state index contributed by atoms with van der Waals surface area (Å²) in [5.41, 5.74) is 0.486. The maximum absolute atomic E-state index is 11.1. The summed E-state index contributed by atoms with van der Waals surface area (Å²) in [5.74, 6) is 1.40. The van der Waals surface area contributed by atoms with Gasteiger partial charge >= 0.3 is 0 Å². The van der Waals surface area contributed by atoms with E-state index in [9.17, 15) is 10.2 Å². The molecule has 5 nitrogen and oxygen atoms in total. The van der Waals surface area contributed by atoms with Gasteiger partial charge in [-0.15, -0.1) is 11.8 Å². The number of rotatable bonds is 5. The summed E-state index contributed by atoms with van der Waals surface area (Å²) < 4.78 is 18.4. The smallest absolute Gasteiger partial charge is 0.184 e. The molecule has 32 heavy (non-hydrogen) atoms. The van der Waals surface area contributed by atoms with Crippen molar-refractivity contribution in [2.24, 2.45) is 11.8 Å². The van der Waals surface area contributed by atoms with Crippen LogP contribution >= 0.6 is 11.8 Å². The number of hydrogen-bond acceptors (Lipinski definition) is 6. The molecule has 2 heterocycles. The van der Waals surface area contributed by atoms with Gasteiger partial charge in [0.15, 0.2) is 6.29 Å². The summed E-state index contributed by atoms with van der Waals surface area (Å²) in [4.78, 5) is 0. The molecule has 2 aliphatic carbocycles. The van der Waals surface area contributed by atoms with Crippen LogP contribution in [0, 0.1) is 11.8 Å². The molecule has 6 atom stereocenters. The van der Waals surface area contributed by atoms with E-state index in [1.165, 1.54) is 64.2 Å². The average molecular weight is 463 g/mol. The number of benzene rings is 1. The van der Waals surface area contributed by atoms with Crippen LogP contribution in [0.5, 0.6) is 0 Å². The Balaban J connectivity index is 1.27. The first-order valence-electron chi connectivity index (χ1n) is 12.7. The zero-order valence-corrected chi connectivity index (χ0v) is 19.7. The van der Waals surface area contributed by atoms with Crippen LogP contribution in [-0.2, 0) is 14.2 Å². The Morgan fingerprint density at radius 2 is 1.41 bits per heavy atom. The molecule has 0 spiro atoms. The Bertz CT molecular complexity index is 685.